The molecule has 4 nitrogen and oxygen atoms in total. The van der Waals surface area contributed by atoms with E-state index >= 15 is 0 Å². The number of carbonyl (C=O) groups is 1. The minimum Gasteiger partial charge on any atom is -0.336 e. The van der Waals surface area contributed by atoms with E-state index in [4.69, 9.17) is 16.6 Å². The Kier molecular flexibility index (Phi) is 6.31. The van der Waals surface area contributed by atoms with Crippen LogP contribution in [0.4, 0.5) is 13.2 Å². The molecule has 9 heteroatoms. The van der Waals surface area contributed by atoms with Gasteiger partial charge in [0.25, 0.3) is 5.91 Å². The molecular weight excluding hydrogens is 447 g/mol. The van der Waals surface area contributed by atoms with Gasteiger partial charge in [-0.3, -0.25) is 9.69 Å². The Morgan fingerprint density at radius 3 is 2.26 bits per heavy atom. The number of piperazine rings is 1. The summed E-state index contributed by atoms with van der Waals surface area (Å²) in [4.78, 5) is 21.2. The van der Waals surface area contributed by atoms with Crippen LogP contribution in [-0.2, 0) is 12.7 Å². The maximum Gasteiger partial charge on any atom is 0.416 e. The molecule has 3 aromatic rings. The van der Waals surface area contributed by atoms with Crippen LogP contribution in [0.2, 0.25) is 5.02 Å². The first-order chi connectivity index (χ1) is 14.8. The van der Waals surface area contributed by atoms with Crippen LogP contribution in [0.5, 0.6) is 0 Å². The van der Waals surface area contributed by atoms with Crippen LogP contribution >= 0.6 is 22.9 Å². The molecule has 0 N–H and O–H groups in total. The highest BCUT2D eigenvalue weighted by Crippen LogP contribution is 2.29. The van der Waals surface area contributed by atoms with E-state index in [1.807, 2.05) is 29.6 Å². The van der Waals surface area contributed by atoms with Gasteiger partial charge in [0, 0.05) is 47.7 Å². The standard InChI is InChI=1S/C22H19ClF3N3OS/c23-18-7-3-15(4-8-18)19-14-31-20(27-19)13-28-9-11-29(12-10-28)21(30)16-1-5-17(6-2-16)22(24,25)26/h1-8,14H,9-13H2. The largest absolute Gasteiger partial charge is 0.416 e. The quantitative estimate of drug-likeness (QED) is 0.514. The number of aromatic nitrogens is 1. The fourth-order valence-corrected chi connectivity index (χ4v) is 4.39. The van der Waals surface area contributed by atoms with Gasteiger partial charge in [0.15, 0.2) is 0 Å². The number of benzene rings is 2. The van der Waals surface area contributed by atoms with Crippen LogP contribution in [0, 0.1) is 0 Å². The predicted octanol–water partition coefficient (Wildman–Crippen LogP) is 5.44. The molecule has 162 valence electrons. The highest BCUT2D eigenvalue weighted by atomic mass is 35.5. The average molecular weight is 466 g/mol. The molecule has 4 rings (SSSR count). The van der Waals surface area contributed by atoms with E-state index in [2.05, 4.69) is 4.90 Å². The van der Waals surface area contributed by atoms with Crippen molar-refractivity contribution in [1.29, 1.82) is 0 Å². The van der Waals surface area contributed by atoms with Gasteiger partial charge in [-0.1, -0.05) is 23.7 Å². The van der Waals surface area contributed by atoms with Crippen molar-refractivity contribution in [1.82, 2.24) is 14.8 Å². The summed E-state index contributed by atoms with van der Waals surface area (Å²) in [6, 6.07) is 11.9. The number of hydrogen-bond acceptors (Lipinski definition) is 4. The van der Waals surface area contributed by atoms with Crippen molar-refractivity contribution >= 4 is 28.8 Å². The van der Waals surface area contributed by atoms with Gasteiger partial charge in [-0.25, -0.2) is 4.98 Å². The van der Waals surface area contributed by atoms with Crippen molar-refractivity contribution in [3.63, 3.8) is 0 Å². The maximum absolute atomic E-state index is 12.7. The lowest BCUT2D eigenvalue weighted by atomic mass is 10.1. The van der Waals surface area contributed by atoms with Crippen LogP contribution < -0.4 is 0 Å². The minimum atomic E-state index is -4.41. The van der Waals surface area contributed by atoms with E-state index in [1.165, 1.54) is 12.1 Å². The molecule has 0 atom stereocenters. The first-order valence-electron chi connectivity index (χ1n) is 9.69. The average Bonchev–Trinajstić information content (AvgIpc) is 3.22. The van der Waals surface area contributed by atoms with E-state index in [0.717, 1.165) is 28.4 Å². The minimum absolute atomic E-state index is 0.243. The Morgan fingerprint density at radius 1 is 1.00 bits per heavy atom. The molecule has 0 bridgehead atoms. The third-order valence-corrected chi connectivity index (χ3v) is 6.25. The Hall–Kier alpha value is -2.42. The molecule has 1 aromatic heterocycles. The Morgan fingerprint density at radius 2 is 1.65 bits per heavy atom. The first kappa shape index (κ1) is 21.8. The van der Waals surface area contributed by atoms with Crippen molar-refractivity contribution in [3.8, 4) is 11.3 Å². The van der Waals surface area contributed by atoms with Gasteiger partial charge in [-0.05, 0) is 36.4 Å². The zero-order valence-electron chi connectivity index (χ0n) is 16.4. The molecule has 1 fully saturated rings. The molecule has 0 unspecified atom stereocenters. The van der Waals surface area contributed by atoms with Crippen LogP contribution in [0.15, 0.2) is 53.9 Å². The molecule has 2 aromatic carbocycles. The van der Waals surface area contributed by atoms with E-state index in [1.54, 1.807) is 16.2 Å². The van der Waals surface area contributed by atoms with Gasteiger partial charge in [0.05, 0.1) is 17.8 Å². The molecular formula is C22H19ClF3N3OS. The fraction of sp³-hybridized carbons (Fsp3) is 0.273. The normalized spacial score (nSPS) is 15.3. The third kappa shape index (κ3) is 5.26. The smallest absolute Gasteiger partial charge is 0.336 e. The molecule has 0 radical (unpaired) electrons. The molecule has 31 heavy (non-hydrogen) atoms. The van der Waals surface area contributed by atoms with E-state index in [9.17, 15) is 18.0 Å². The van der Waals surface area contributed by atoms with Gasteiger partial charge in [-0.2, -0.15) is 13.2 Å². The summed E-state index contributed by atoms with van der Waals surface area (Å²) in [6.45, 7) is 3.11. The van der Waals surface area contributed by atoms with Gasteiger partial charge in [0.2, 0.25) is 0 Å². The number of rotatable bonds is 4. The van der Waals surface area contributed by atoms with Crippen LogP contribution in [0.1, 0.15) is 20.9 Å². The van der Waals surface area contributed by atoms with E-state index in [0.29, 0.717) is 37.7 Å². The van der Waals surface area contributed by atoms with Crippen molar-refractivity contribution in [2.75, 3.05) is 26.2 Å². The van der Waals surface area contributed by atoms with Crippen molar-refractivity contribution in [2.24, 2.45) is 0 Å². The van der Waals surface area contributed by atoms with Gasteiger partial charge in [-0.15, -0.1) is 11.3 Å². The lowest BCUT2D eigenvalue weighted by Crippen LogP contribution is -2.48. The number of amides is 1. The summed E-state index contributed by atoms with van der Waals surface area (Å²) in [5, 5.41) is 3.69. The SMILES string of the molecule is O=C(c1ccc(C(F)(F)F)cc1)N1CCN(Cc2nc(-c3ccc(Cl)cc3)cs2)CC1. The van der Waals surface area contributed by atoms with Crippen LogP contribution in [0.3, 0.4) is 0 Å². The Bertz CT molecular complexity index is 1040. The highest BCUT2D eigenvalue weighted by Gasteiger charge is 2.30. The highest BCUT2D eigenvalue weighted by molar-refractivity contribution is 7.09. The van der Waals surface area contributed by atoms with Crippen molar-refractivity contribution < 1.29 is 18.0 Å². The van der Waals surface area contributed by atoms with E-state index in [-0.39, 0.29) is 11.5 Å². The Labute approximate surface area is 186 Å². The second-order valence-electron chi connectivity index (χ2n) is 7.28. The van der Waals surface area contributed by atoms with E-state index < -0.39 is 11.7 Å². The predicted molar refractivity (Wildman–Crippen MR) is 115 cm³/mol. The summed E-state index contributed by atoms with van der Waals surface area (Å²) in [6.07, 6.45) is -4.41. The summed E-state index contributed by atoms with van der Waals surface area (Å²) in [5.74, 6) is -0.243. The lowest BCUT2D eigenvalue weighted by Gasteiger charge is -2.34. The molecule has 0 aliphatic carbocycles. The van der Waals surface area contributed by atoms with Gasteiger partial charge in [0.1, 0.15) is 5.01 Å². The molecule has 1 amide bonds. The second kappa shape index (κ2) is 8.98. The Balaban J connectivity index is 1.32. The monoisotopic (exact) mass is 465 g/mol. The maximum atomic E-state index is 12.7. The zero-order chi connectivity index (χ0) is 22.0. The number of hydrogen-bond donors (Lipinski definition) is 0. The number of alkyl halides is 3. The molecule has 1 saturated heterocycles. The summed E-state index contributed by atoms with van der Waals surface area (Å²) in [7, 11) is 0. The van der Waals surface area contributed by atoms with Gasteiger partial charge >= 0.3 is 6.18 Å². The summed E-state index contributed by atoms with van der Waals surface area (Å²) in [5.41, 5.74) is 1.44. The van der Waals surface area contributed by atoms with Crippen LogP contribution in [-0.4, -0.2) is 46.9 Å². The number of nitrogens with zero attached hydrogens (tertiary/aromatic N) is 3. The number of carbonyl (C=O) groups excluding carboxylic acids is 1. The zero-order valence-corrected chi connectivity index (χ0v) is 18.0. The summed E-state index contributed by atoms with van der Waals surface area (Å²) < 4.78 is 38.1. The molecule has 1 aliphatic rings. The van der Waals surface area contributed by atoms with Crippen molar-refractivity contribution in [2.45, 2.75) is 12.7 Å². The second-order valence-corrected chi connectivity index (χ2v) is 8.66. The molecule has 1 aliphatic heterocycles. The van der Waals surface area contributed by atoms with Gasteiger partial charge < -0.3 is 4.90 Å². The molecule has 0 saturated carbocycles. The van der Waals surface area contributed by atoms with Crippen LogP contribution in [0.25, 0.3) is 11.3 Å². The lowest BCUT2D eigenvalue weighted by molar-refractivity contribution is -0.137. The fourth-order valence-electron chi connectivity index (χ4n) is 3.42. The number of thiazole rings is 1. The summed E-state index contributed by atoms with van der Waals surface area (Å²) >= 11 is 7.52. The number of halogens is 4. The first-order valence-corrected chi connectivity index (χ1v) is 10.9. The third-order valence-electron chi connectivity index (χ3n) is 5.17. The molecule has 2 heterocycles. The van der Waals surface area contributed by atoms with Crippen molar-refractivity contribution in [3.05, 3.63) is 75.1 Å². The topological polar surface area (TPSA) is 36.4 Å². The molecule has 0 spiro atoms.